The van der Waals surface area contributed by atoms with Crippen molar-refractivity contribution >= 4 is 73.4 Å². The number of rotatable bonds is 8. The van der Waals surface area contributed by atoms with Crippen LogP contribution in [0.3, 0.4) is 0 Å². The molecule has 1 saturated heterocycles. The zero-order chi connectivity index (χ0) is 28.3. The minimum absolute atomic E-state index is 0.114. The van der Waals surface area contributed by atoms with Crippen LogP contribution in [0, 0.1) is 0 Å². The van der Waals surface area contributed by atoms with Crippen LogP contribution in [0.5, 0.6) is 0 Å². The number of hydrogen-bond donors (Lipinski definition) is 1. The molecule has 4 aromatic rings. The van der Waals surface area contributed by atoms with Gasteiger partial charge in [-0.05, 0) is 70.3 Å². The Bertz CT molecular complexity index is 1600. The predicted octanol–water partition coefficient (Wildman–Crippen LogP) is 8.41. The molecule has 1 aliphatic rings. The van der Waals surface area contributed by atoms with E-state index in [0.29, 0.717) is 35.0 Å². The second-order valence-electron chi connectivity index (χ2n) is 9.50. The Kier molecular flexibility index (Phi) is 8.23. The number of thiocarbonyl (C=S) groups is 1. The van der Waals surface area contributed by atoms with Gasteiger partial charge in [-0.1, -0.05) is 85.0 Å². The molecule has 1 N–H and O–H groups in total. The smallest absolute Gasteiger partial charge is 0.326 e. The fraction of sp³-hybridized carbons (Fsp3) is 0.194. The molecule has 0 unspecified atom stereocenters. The van der Waals surface area contributed by atoms with E-state index in [4.69, 9.17) is 12.2 Å². The number of carbonyl (C=O) groups is 2. The second kappa shape index (κ2) is 11.8. The number of nitrogens with zero attached hydrogens (tertiary/aromatic N) is 1. The first kappa shape index (κ1) is 27.9. The summed E-state index contributed by atoms with van der Waals surface area (Å²) in [6.07, 6.45) is -0.514. The van der Waals surface area contributed by atoms with Crippen LogP contribution in [0.25, 0.3) is 27.6 Å². The Morgan fingerprint density at radius 3 is 2.25 bits per heavy atom. The van der Waals surface area contributed by atoms with Gasteiger partial charge in [0, 0.05) is 18.7 Å². The summed E-state index contributed by atoms with van der Waals surface area (Å²) >= 11 is 6.81. The molecule has 1 aliphatic heterocycles. The molecule has 0 spiro atoms. The van der Waals surface area contributed by atoms with E-state index in [1.54, 1.807) is 4.90 Å². The van der Waals surface area contributed by atoms with Gasteiger partial charge in [-0.3, -0.25) is 14.5 Å². The van der Waals surface area contributed by atoms with Gasteiger partial charge in [0.2, 0.25) is 5.91 Å². The van der Waals surface area contributed by atoms with Crippen molar-refractivity contribution in [1.82, 2.24) is 4.90 Å². The molecule has 4 nitrogen and oxygen atoms in total. The van der Waals surface area contributed by atoms with E-state index in [2.05, 4.69) is 35.6 Å². The van der Waals surface area contributed by atoms with E-state index in [9.17, 15) is 22.8 Å². The molecule has 0 aliphatic carbocycles. The van der Waals surface area contributed by atoms with Gasteiger partial charge in [0.15, 0.2) is 0 Å². The predicted molar refractivity (Wildman–Crippen MR) is 160 cm³/mol. The number of nitrogens with one attached hydrogen (secondary N) is 1. The lowest BCUT2D eigenvalue weighted by Gasteiger charge is -2.14. The van der Waals surface area contributed by atoms with Crippen LogP contribution in [0.4, 0.5) is 18.9 Å². The average molecular weight is 579 g/mol. The topological polar surface area (TPSA) is 49.4 Å². The quantitative estimate of drug-likeness (QED) is 0.0987. The Morgan fingerprint density at radius 2 is 1.57 bits per heavy atom. The molecule has 4 aromatic carbocycles. The Hall–Kier alpha value is -3.69. The van der Waals surface area contributed by atoms with Crippen molar-refractivity contribution in [2.45, 2.75) is 31.9 Å². The molecule has 0 bridgehead atoms. The Labute approximate surface area is 239 Å². The number of anilines is 1. The molecule has 40 heavy (non-hydrogen) atoms. The first-order chi connectivity index (χ1) is 19.2. The van der Waals surface area contributed by atoms with Gasteiger partial charge >= 0.3 is 6.18 Å². The van der Waals surface area contributed by atoms with Crippen LogP contribution >= 0.6 is 24.0 Å². The first-order valence-electron chi connectivity index (χ1n) is 12.8. The summed E-state index contributed by atoms with van der Waals surface area (Å²) in [4.78, 5) is 27.7. The summed E-state index contributed by atoms with van der Waals surface area (Å²) in [5.74, 6) is -0.482. The maximum atomic E-state index is 13.3. The Morgan fingerprint density at radius 1 is 0.900 bits per heavy atom. The number of alkyl halides is 3. The van der Waals surface area contributed by atoms with Crippen molar-refractivity contribution < 1.29 is 22.8 Å². The van der Waals surface area contributed by atoms with E-state index < -0.39 is 11.7 Å². The van der Waals surface area contributed by atoms with Crippen LogP contribution in [-0.4, -0.2) is 27.6 Å². The van der Waals surface area contributed by atoms with Gasteiger partial charge < -0.3 is 5.32 Å². The van der Waals surface area contributed by atoms with Crippen LogP contribution in [-0.2, 0) is 15.8 Å². The van der Waals surface area contributed by atoms with Crippen LogP contribution in [0.15, 0.2) is 83.8 Å². The number of amides is 2. The van der Waals surface area contributed by atoms with Crippen molar-refractivity contribution in [3.05, 3.63) is 94.9 Å². The van der Waals surface area contributed by atoms with Crippen molar-refractivity contribution in [3.63, 3.8) is 0 Å². The molecule has 5 rings (SSSR count). The lowest BCUT2D eigenvalue weighted by molar-refractivity contribution is -0.137. The first-order valence-corrected chi connectivity index (χ1v) is 14.1. The zero-order valence-electron chi connectivity index (χ0n) is 21.3. The number of thioether (sulfide) groups is 1. The van der Waals surface area contributed by atoms with Crippen molar-refractivity contribution in [1.29, 1.82) is 0 Å². The molecular formula is C31H25F3N2O2S2. The summed E-state index contributed by atoms with van der Waals surface area (Å²) in [6.45, 7) is 0.438. The minimum Gasteiger partial charge on any atom is -0.326 e. The molecule has 0 saturated carbocycles. The van der Waals surface area contributed by atoms with Crippen molar-refractivity contribution in [2.24, 2.45) is 0 Å². The molecule has 1 fully saturated rings. The van der Waals surface area contributed by atoms with Gasteiger partial charge in [0.05, 0.1) is 10.5 Å². The van der Waals surface area contributed by atoms with Gasteiger partial charge in [-0.2, -0.15) is 13.2 Å². The number of hydrogen-bond acceptors (Lipinski definition) is 4. The standard InChI is InChI=1S/C31H25F3N2O2S2/c32-31(33,34)22-11-8-12-23(18-22)35-28(37)15-2-1-7-16-36-29(38)27(40-30(36)39)19-26-24-13-5-3-9-20(24)17-21-10-4-6-14-25(21)26/h3-6,8-14,17-19H,1-2,7,15-16H2,(H,35,37)/b27-19-. The zero-order valence-corrected chi connectivity index (χ0v) is 23.0. The number of unbranched alkanes of at least 4 members (excludes halogenated alkanes) is 2. The summed E-state index contributed by atoms with van der Waals surface area (Å²) in [7, 11) is 0. The molecule has 0 atom stereocenters. The maximum absolute atomic E-state index is 13.3. The van der Waals surface area contributed by atoms with Crippen LogP contribution < -0.4 is 5.32 Å². The largest absolute Gasteiger partial charge is 0.416 e. The molecule has 9 heteroatoms. The fourth-order valence-corrected chi connectivity index (χ4v) is 6.05. The molecule has 1 heterocycles. The average Bonchev–Trinajstić information content (AvgIpc) is 3.19. The van der Waals surface area contributed by atoms with E-state index in [1.807, 2.05) is 30.3 Å². The molecule has 204 valence electrons. The second-order valence-corrected chi connectivity index (χ2v) is 11.2. The van der Waals surface area contributed by atoms with Gasteiger partial charge in [-0.25, -0.2) is 0 Å². The monoisotopic (exact) mass is 578 g/mol. The summed E-state index contributed by atoms with van der Waals surface area (Å²) < 4.78 is 39.1. The third-order valence-electron chi connectivity index (χ3n) is 6.72. The van der Waals surface area contributed by atoms with Gasteiger partial charge in [-0.15, -0.1) is 0 Å². The van der Waals surface area contributed by atoms with Crippen LogP contribution in [0.2, 0.25) is 0 Å². The highest BCUT2D eigenvalue weighted by atomic mass is 32.2. The van der Waals surface area contributed by atoms with Gasteiger partial charge in [0.25, 0.3) is 5.91 Å². The molecule has 2 amide bonds. The normalized spacial score (nSPS) is 15.0. The van der Waals surface area contributed by atoms with E-state index >= 15 is 0 Å². The van der Waals surface area contributed by atoms with E-state index in [-0.39, 0.29) is 23.9 Å². The van der Waals surface area contributed by atoms with E-state index in [0.717, 1.165) is 39.2 Å². The van der Waals surface area contributed by atoms with Crippen LogP contribution in [0.1, 0.15) is 36.8 Å². The van der Waals surface area contributed by atoms with Gasteiger partial charge in [0.1, 0.15) is 4.32 Å². The number of fused-ring (bicyclic) bond motifs is 2. The number of halogens is 3. The third kappa shape index (κ3) is 6.21. The highest BCUT2D eigenvalue weighted by molar-refractivity contribution is 8.26. The SMILES string of the molecule is O=C(CCCCCN1C(=O)/C(=C/c2c3ccccc3cc3ccccc23)SC1=S)Nc1cccc(C(F)(F)F)c1. The molecule has 0 aromatic heterocycles. The lowest BCUT2D eigenvalue weighted by Crippen LogP contribution is -2.29. The Balaban J connectivity index is 1.18. The van der Waals surface area contributed by atoms with Crippen molar-refractivity contribution in [3.8, 4) is 0 Å². The third-order valence-corrected chi connectivity index (χ3v) is 8.10. The fourth-order valence-electron chi connectivity index (χ4n) is 4.76. The highest BCUT2D eigenvalue weighted by Crippen LogP contribution is 2.37. The number of carbonyl (C=O) groups excluding carboxylic acids is 2. The lowest BCUT2D eigenvalue weighted by atomic mass is 9.96. The van der Waals surface area contributed by atoms with Crippen molar-refractivity contribution in [2.75, 3.05) is 11.9 Å². The summed E-state index contributed by atoms with van der Waals surface area (Å²) in [5.41, 5.74) is 0.292. The summed E-state index contributed by atoms with van der Waals surface area (Å²) in [5, 5.41) is 6.84. The molecule has 0 radical (unpaired) electrons. The molecular weight excluding hydrogens is 553 g/mol. The minimum atomic E-state index is -4.47. The maximum Gasteiger partial charge on any atom is 0.416 e. The number of benzene rings is 4. The summed E-state index contributed by atoms with van der Waals surface area (Å²) in [6, 6.07) is 22.9. The highest BCUT2D eigenvalue weighted by Gasteiger charge is 2.32. The van der Waals surface area contributed by atoms with E-state index in [1.165, 1.54) is 23.9 Å².